The fourth-order valence-corrected chi connectivity index (χ4v) is 1.98. The molecule has 0 aliphatic rings. The Labute approximate surface area is 148 Å². The fourth-order valence-electron chi connectivity index (χ4n) is 1.98. The first kappa shape index (κ1) is 20.2. The van der Waals surface area contributed by atoms with Crippen molar-refractivity contribution < 1.29 is 40.7 Å². The van der Waals surface area contributed by atoms with Crippen LogP contribution in [-0.2, 0) is 17.1 Å². The number of carbonyl (C=O) groups is 2. The SMILES string of the molecule is COC(=O)c1ccc(NC(=O)c2cc(C(F)(F)F)cc(C(F)(F)F)c2)nc1. The lowest BCUT2D eigenvalue weighted by molar-refractivity contribution is -0.143. The topological polar surface area (TPSA) is 68.3 Å². The van der Waals surface area contributed by atoms with E-state index in [1.807, 2.05) is 0 Å². The normalized spacial score (nSPS) is 11.8. The molecule has 1 aromatic heterocycles. The molecule has 2 rings (SSSR count). The summed E-state index contributed by atoms with van der Waals surface area (Å²) in [5, 5.41) is 2.06. The number of benzene rings is 1. The Morgan fingerprint density at radius 3 is 1.89 bits per heavy atom. The molecule has 1 N–H and O–H groups in total. The van der Waals surface area contributed by atoms with E-state index in [1.165, 1.54) is 6.07 Å². The van der Waals surface area contributed by atoms with Crippen molar-refractivity contribution in [1.82, 2.24) is 4.98 Å². The third-order valence-corrected chi connectivity index (χ3v) is 3.28. The quantitative estimate of drug-likeness (QED) is 0.629. The highest BCUT2D eigenvalue weighted by atomic mass is 19.4. The standard InChI is InChI=1S/C16H10F6N2O3/c1-27-14(26)8-2-3-12(23-7-8)24-13(25)9-4-10(15(17,18)19)6-11(5-9)16(20,21)22/h2-7H,1H3,(H,23,24,25). The Hall–Kier alpha value is -3.11. The summed E-state index contributed by atoms with van der Waals surface area (Å²) in [5.41, 5.74) is -4.04. The van der Waals surface area contributed by atoms with Crippen LogP contribution in [0.25, 0.3) is 0 Å². The smallest absolute Gasteiger partial charge is 0.416 e. The van der Waals surface area contributed by atoms with Crippen molar-refractivity contribution in [2.45, 2.75) is 12.4 Å². The lowest BCUT2D eigenvalue weighted by Crippen LogP contribution is -2.17. The van der Waals surface area contributed by atoms with Crippen molar-refractivity contribution in [2.24, 2.45) is 0 Å². The number of hydrogen-bond donors (Lipinski definition) is 1. The van der Waals surface area contributed by atoms with Crippen LogP contribution in [0.4, 0.5) is 32.2 Å². The van der Waals surface area contributed by atoms with Gasteiger partial charge in [-0.05, 0) is 30.3 Å². The van der Waals surface area contributed by atoms with Crippen LogP contribution >= 0.6 is 0 Å². The fraction of sp³-hybridized carbons (Fsp3) is 0.188. The lowest BCUT2D eigenvalue weighted by Gasteiger charge is -2.14. The molecule has 0 saturated carbocycles. The molecule has 1 heterocycles. The zero-order chi connectivity index (χ0) is 20.4. The van der Waals surface area contributed by atoms with E-state index < -0.39 is 40.9 Å². The van der Waals surface area contributed by atoms with E-state index in [1.54, 1.807) is 0 Å². The van der Waals surface area contributed by atoms with Crippen molar-refractivity contribution in [3.63, 3.8) is 0 Å². The summed E-state index contributed by atoms with van der Waals surface area (Å²) in [4.78, 5) is 27.0. The first-order valence-electron chi connectivity index (χ1n) is 7.07. The number of aromatic nitrogens is 1. The lowest BCUT2D eigenvalue weighted by atomic mass is 10.0. The predicted octanol–water partition coefficient (Wildman–Crippen LogP) is 4.16. The van der Waals surface area contributed by atoms with Gasteiger partial charge in [0.1, 0.15) is 5.82 Å². The van der Waals surface area contributed by atoms with Gasteiger partial charge in [-0.3, -0.25) is 4.79 Å². The summed E-state index contributed by atoms with van der Waals surface area (Å²) in [5.74, 6) is -2.13. The van der Waals surface area contributed by atoms with Crippen molar-refractivity contribution in [3.8, 4) is 0 Å². The van der Waals surface area contributed by atoms with Crippen LogP contribution in [0.5, 0.6) is 0 Å². The van der Waals surface area contributed by atoms with Crippen LogP contribution in [0, 0.1) is 0 Å². The molecular formula is C16H10F6N2O3. The molecule has 1 amide bonds. The second kappa shape index (κ2) is 7.25. The van der Waals surface area contributed by atoms with E-state index in [0.29, 0.717) is 12.1 Å². The summed E-state index contributed by atoms with van der Waals surface area (Å²) in [6.45, 7) is 0. The molecular weight excluding hydrogens is 382 g/mol. The van der Waals surface area contributed by atoms with Gasteiger partial charge in [0.2, 0.25) is 0 Å². The molecule has 27 heavy (non-hydrogen) atoms. The molecule has 0 fully saturated rings. The Bertz CT molecular complexity index is 828. The van der Waals surface area contributed by atoms with Gasteiger partial charge in [0.15, 0.2) is 0 Å². The molecule has 0 atom stereocenters. The van der Waals surface area contributed by atoms with E-state index in [4.69, 9.17) is 0 Å². The second-order valence-corrected chi connectivity index (χ2v) is 5.17. The maximum atomic E-state index is 12.8. The minimum Gasteiger partial charge on any atom is -0.465 e. The van der Waals surface area contributed by atoms with Gasteiger partial charge in [0.05, 0.1) is 23.8 Å². The number of anilines is 1. The van der Waals surface area contributed by atoms with Gasteiger partial charge in [0.25, 0.3) is 5.91 Å². The van der Waals surface area contributed by atoms with Gasteiger partial charge in [-0.2, -0.15) is 26.3 Å². The molecule has 2 aromatic rings. The van der Waals surface area contributed by atoms with Crippen molar-refractivity contribution in [1.29, 1.82) is 0 Å². The van der Waals surface area contributed by atoms with E-state index in [0.717, 1.165) is 19.4 Å². The van der Waals surface area contributed by atoms with E-state index in [-0.39, 0.29) is 17.4 Å². The number of hydrogen-bond acceptors (Lipinski definition) is 4. The molecule has 0 spiro atoms. The summed E-state index contributed by atoms with van der Waals surface area (Å²) < 4.78 is 81.4. The van der Waals surface area contributed by atoms with Crippen LogP contribution in [-0.4, -0.2) is 24.0 Å². The highest BCUT2D eigenvalue weighted by molar-refractivity contribution is 6.04. The number of halogens is 6. The van der Waals surface area contributed by atoms with Crippen LogP contribution < -0.4 is 5.32 Å². The number of ether oxygens (including phenoxy) is 1. The molecule has 5 nitrogen and oxygen atoms in total. The molecule has 11 heteroatoms. The summed E-state index contributed by atoms with van der Waals surface area (Å²) in [7, 11) is 1.13. The first-order chi connectivity index (χ1) is 12.4. The van der Waals surface area contributed by atoms with Gasteiger partial charge in [0, 0.05) is 11.8 Å². The zero-order valence-electron chi connectivity index (χ0n) is 13.4. The number of nitrogens with one attached hydrogen (secondary N) is 1. The van der Waals surface area contributed by atoms with Gasteiger partial charge < -0.3 is 10.1 Å². The average molecular weight is 392 g/mol. The molecule has 144 valence electrons. The number of pyridine rings is 1. The maximum absolute atomic E-state index is 12.8. The molecule has 0 aliphatic carbocycles. The molecule has 1 aromatic carbocycles. The molecule has 0 bridgehead atoms. The maximum Gasteiger partial charge on any atom is 0.416 e. The number of amides is 1. The molecule has 0 unspecified atom stereocenters. The van der Waals surface area contributed by atoms with Crippen molar-refractivity contribution >= 4 is 17.7 Å². The Kier molecular flexibility index (Phi) is 5.43. The third-order valence-electron chi connectivity index (χ3n) is 3.28. The summed E-state index contributed by atoms with van der Waals surface area (Å²) >= 11 is 0. The Morgan fingerprint density at radius 1 is 0.926 bits per heavy atom. The average Bonchev–Trinajstić information content (AvgIpc) is 2.59. The van der Waals surface area contributed by atoms with Crippen LogP contribution in [0.1, 0.15) is 31.8 Å². The van der Waals surface area contributed by atoms with Gasteiger partial charge >= 0.3 is 18.3 Å². The molecule has 0 radical (unpaired) electrons. The van der Waals surface area contributed by atoms with Crippen molar-refractivity contribution in [3.05, 3.63) is 58.8 Å². The molecule has 0 saturated heterocycles. The highest BCUT2D eigenvalue weighted by Crippen LogP contribution is 2.36. The monoisotopic (exact) mass is 392 g/mol. The highest BCUT2D eigenvalue weighted by Gasteiger charge is 2.37. The second-order valence-electron chi connectivity index (χ2n) is 5.17. The summed E-state index contributed by atoms with van der Waals surface area (Å²) in [6, 6.07) is 2.87. The van der Waals surface area contributed by atoms with Gasteiger partial charge in [-0.25, -0.2) is 9.78 Å². The summed E-state index contributed by atoms with van der Waals surface area (Å²) in [6.07, 6.45) is -9.12. The van der Waals surface area contributed by atoms with E-state index in [9.17, 15) is 35.9 Å². The van der Waals surface area contributed by atoms with Crippen molar-refractivity contribution in [2.75, 3.05) is 12.4 Å². The van der Waals surface area contributed by atoms with Crippen LogP contribution in [0.15, 0.2) is 36.5 Å². The Morgan fingerprint density at radius 2 is 1.48 bits per heavy atom. The van der Waals surface area contributed by atoms with E-state index >= 15 is 0 Å². The predicted molar refractivity (Wildman–Crippen MR) is 80.0 cm³/mol. The zero-order valence-corrected chi connectivity index (χ0v) is 13.4. The first-order valence-corrected chi connectivity index (χ1v) is 7.07. The van der Waals surface area contributed by atoms with Crippen LogP contribution in [0.3, 0.4) is 0 Å². The number of nitrogens with zero attached hydrogens (tertiary/aromatic N) is 1. The van der Waals surface area contributed by atoms with Gasteiger partial charge in [-0.1, -0.05) is 0 Å². The third kappa shape index (κ3) is 4.96. The minimum absolute atomic E-state index is 0.0360. The number of carbonyl (C=O) groups excluding carboxylic acids is 2. The minimum atomic E-state index is -5.07. The molecule has 0 aliphatic heterocycles. The van der Waals surface area contributed by atoms with Crippen LogP contribution in [0.2, 0.25) is 0 Å². The number of methoxy groups -OCH3 is 1. The number of alkyl halides is 6. The van der Waals surface area contributed by atoms with Gasteiger partial charge in [-0.15, -0.1) is 0 Å². The van der Waals surface area contributed by atoms with E-state index in [2.05, 4.69) is 15.0 Å². The number of esters is 1. The number of rotatable bonds is 3. The largest absolute Gasteiger partial charge is 0.465 e. The Balaban J connectivity index is 2.33.